The molecule has 2 aromatic rings. The quantitative estimate of drug-likeness (QED) is 0.874. The van der Waals surface area contributed by atoms with Crippen molar-refractivity contribution < 1.29 is 4.74 Å². The molecule has 3 nitrogen and oxygen atoms in total. The molecule has 0 aliphatic rings. The van der Waals surface area contributed by atoms with E-state index in [2.05, 4.69) is 32.2 Å². The number of benzene rings is 2. The van der Waals surface area contributed by atoms with Crippen molar-refractivity contribution in [1.82, 2.24) is 5.32 Å². The lowest BCUT2D eigenvalue weighted by Crippen LogP contribution is -2.43. The Morgan fingerprint density at radius 3 is 2.22 bits per heavy atom. The van der Waals surface area contributed by atoms with Crippen molar-refractivity contribution >= 4 is 0 Å². The van der Waals surface area contributed by atoms with Crippen LogP contribution < -0.4 is 10.1 Å². The minimum Gasteiger partial charge on any atom is -0.489 e. The van der Waals surface area contributed by atoms with E-state index >= 15 is 0 Å². The van der Waals surface area contributed by atoms with Gasteiger partial charge in [-0.15, -0.1) is 0 Å². The first-order chi connectivity index (χ1) is 11.0. The molecule has 2 rings (SSSR count). The normalized spacial score (nSPS) is 12.4. The second-order valence-electron chi connectivity index (χ2n) is 6.70. The zero-order valence-corrected chi connectivity index (χ0v) is 14.0. The van der Waals surface area contributed by atoms with Crippen LogP contribution in [-0.2, 0) is 13.0 Å². The van der Waals surface area contributed by atoms with E-state index in [1.807, 2.05) is 54.6 Å². The summed E-state index contributed by atoms with van der Waals surface area (Å²) in [5, 5.41) is 12.6. The predicted molar refractivity (Wildman–Crippen MR) is 93.2 cm³/mol. The van der Waals surface area contributed by atoms with Crippen LogP contribution in [0.5, 0.6) is 5.75 Å². The summed E-state index contributed by atoms with van der Waals surface area (Å²) in [6.07, 6.45) is 0.687. The fourth-order valence-corrected chi connectivity index (χ4v) is 2.35. The Kier molecular flexibility index (Phi) is 5.78. The molecule has 0 fully saturated rings. The first-order valence-electron chi connectivity index (χ1n) is 7.89. The fraction of sp³-hybridized carbons (Fsp3) is 0.350. The first-order valence-corrected chi connectivity index (χ1v) is 7.89. The zero-order chi connectivity index (χ0) is 16.7. The molecule has 0 saturated carbocycles. The minimum atomic E-state index is -0.189. The van der Waals surface area contributed by atoms with Crippen molar-refractivity contribution in [2.75, 3.05) is 0 Å². The lowest BCUT2D eigenvalue weighted by molar-refractivity contribution is 0.306. The number of ether oxygens (including phenoxy) is 1. The van der Waals surface area contributed by atoms with Crippen molar-refractivity contribution in [2.24, 2.45) is 0 Å². The monoisotopic (exact) mass is 308 g/mol. The molecule has 0 bridgehead atoms. The molecule has 0 aromatic heterocycles. The number of nitrogens with one attached hydrogen (secondary N) is 1. The van der Waals surface area contributed by atoms with E-state index in [-0.39, 0.29) is 11.6 Å². The number of hydrogen-bond acceptors (Lipinski definition) is 3. The van der Waals surface area contributed by atoms with Crippen molar-refractivity contribution in [3.8, 4) is 11.8 Å². The van der Waals surface area contributed by atoms with Crippen molar-refractivity contribution in [3.05, 3.63) is 65.7 Å². The number of hydrogen-bond donors (Lipinski definition) is 1. The van der Waals surface area contributed by atoms with Gasteiger partial charge in [-0.05, 0) is 44.0 Å². The lowest BCUT2D eigenvalue weighted by Gasteiger charge is -2.24. The van der Waals surface area contributed by atoms with Gasteiger partial charge in [0, 0.05) is 12.0 Å². The van der Waals surface area contributed by atoms with Crippen LogP contribution in [-0.4, -0.2) is 11.6 Å². The molecule has 120 valence electrons. The SMILES string of the molecule is CC(C)(C)NC(C#N)Cc1ccc(OCc2ccccc2)cc1. The van der Waals surface area contributed by atoms with Gasteiger partial charge in [0.1, 0.15) is 12.4 Å². The van der Waals surface area contributed by atoms with Crippen LogP contribution in [0.1, 0.15) is 31.9 Å². The van der Waals surface area contributed by atoms with Gasteiger partial charge in [0.25, 0.3) is 0 Å². The second-order valence-corrected chi connectivity index (χ2v) is 6.70. The van der Waals surface area contributed by atoms with Gasteiger partial charge in [0.05, 0.1) is 12.1 Å². The second kappa shape index (κ2) is 7.80. The molecule has 0 radical (unpaired) electrons. The van der Waals surface area contributed by atoms with Crippen molar-refractivity contribution in [3.63, 3.8) is 0 Å². The topological polar surface area (TPSA) is 45.0 Å². The fourth-order valence-electron chi connectivity index (χ4n) is 2.35. The third-order valence-electron chi connectivity index (χ3n) is 3.37. The summed E-state index contributed by atoms with van der Waals surface area (Å²) in [7, 11) is 0. The molecule has 0 aliphatic carbocycles. The van der Waals surface area contributed by atoms with Gasteiger partial charge in [-0.2, -0.15) is 5.26 Å². The third-order valence-corrected chi connectivity index (χ3v) is 3.37. The largest absolute Gasteiger partial charge is 0.489 e. The maximum atomic E-state index is 9.28. The highest BCUT2D eigenvalue weighted by Crippen LogP contribution is 2.16. The molecule has 0 amide bonds. The summed E-state index contributed by atoms with van der Waals surface area (Å²) in [6, 6.07) is 20.2. The Balaban J connectivity index is 1.90. The van der Waals surface area contributed by atoms with Gasteiger partial charge >= 0.3 is 0 Å². The van der Waals surface area contributed by atoms with E-state index in [9.17, 15) is 5.26 Å². The molecule has 0 aliphatic heterocycles. The molecule has 0 heterocycles. The first kappa shape index (κ1) is 17.1. The summed E-state index contributed by atoms with van der Waals surface area (Å²) in [4.78, 5) is 0. The Morgan fingerprint density at radius 2 is 1.65 bits per heavy atom. The zero-order valence-electron chi connectivity index (χ0n) is 14.0. The van der Waals surface area contributed by atoms with Crippen molar-refractivity contribution in [1.29, 1.82) is 5.26 Å². The maximum Gasteiger partial charge on any atom is 0.119 e. The average molecular weight is 308 g/mol. The smallest absolute Gasteiger partial charge is 0.119 e. The highest BCUT2D eigenvalue weighted by atomic mass is 16.5. The molecule has 1 atom stereocenters. The lowest BCUT2D eigenvalue weighted by atomic mass is 10.0. The van der Waals surface area contributed by atoms with Crippen LogP contribution >= 0.6 is 0 Å². The number of nitrogens with zero attached hydrogens (tertiary/aromatic N) is 1. The Bertz CT molecular complexity index is 636. The number of nitriles is 1. The summed E-state index contributed by atoms with van der Waals surface area (Å²) >= 11 is 0. The molecular formula is C20H24N2O. The van der Waals surface area contributed by atoms with Crippen LogP contribution in [0.25, 0.3) is 0 Å². The summed E-state index contributed by atoms with van der Waals surface area (Å²) in [6.45, 7) is 6.76. The molecule has 23 heavy (non-hydrogen) atoms. The molecule has 0 saturated heterocycles. The summed E-state index contributed by atoms with van der Waals surface area (Å²) in [5.74, 6) is 0.842. The Hall–Kier alpha value is -2.31. The van der Waals surface area contributed by atoms with Crippen LogP contribution in [0.4, 0.5) is 0 Å². The molecule has 2 aromatic carbocycles. The van der Waals surface area contributed by atoms with Gasteiger partial charge in [-0.1, -0.05) is 42.5 Å². The van der Waals surface area contributed by atoms with E-state index < -0.39 is 0 Å². The predicted octanol–water partition coefficient (Wildman–Crippen LogP) is 4.09. The Morgan fingerprint density at radius 1 is 1.00 bits per heavy atom. The number of rotatable bonds is 6. The van der Waals surface area contributed by atoms with Crippen LogP contribution in [0.15, 0.2) is 54.6 Å². The van der Waals surface area contributed by atoms with Gasteiger partial charge in [0.2, 0.25) is 0 Å². The van der Waals surface area contributed by atoms with Crippen LogP contribution in [0, 0.1) is 11.3 Å². The molecule has 1 N–H and O–H groups in total. The van der Waals surface area contributed by atoms with Gasteiger partial charge < -0.3 is 4.74 Å². The average Bonchev–Trinajstić information content (AvgIpc) is 2.53. The minimum absolute atomic E-state index is 0.0703. The van der Waals surface area contributed by atoms with Gasteiger partial charge in [-0.25, -0.2) is 0 Å². The standard InChI is InChI=1S/C20H24N2O/c1-20(2,3)22-18(14-21)13-16-9-11-19(12-10-16)23-15-17-7-5-4-6-8-17/h4-12,18,22H,13,15H2,1-3H3. The van der Waals surface area contributed by atoms with E-state index in [4.69, 9.17) is 4.74 Å². The van der Waals surface area contributed by atoms with E-state index in [0.29, 0.717) is 13.0 Å². The maximum absolute atomic E-state index is 9.28. The van der Waals surface area contributed by atoms with E-state index in [1.54, 1.807) is 0 Å². The van der Waals surface area contributed by atoms with Crippen LogP contribution in [0.3, 0.4) is 0 Å². The molecular weight excluding hydrogens is 284 g/mol. The van der Waals surface area contributed by atoms with E-state index in [0.717, 1.165) is 16.9 Å². The molecule has 3 heteroatoms. The van der Waals surface area contributed by atoms with E-state index in [1.165, 1.54) is 0 Å². The third kappa shape index (κ3) is 6.14. The highest BCUT2D eigenvalue weighted by molar-refractivity contribution is 5.29. The van der Waals surface area contributed by atoms with Crippen LogP contribution in [0.2, 0.25) is 0 Å². The van der Waals surface area contributed by atoms with Gasteiger partial charge in [-0.3, -0.25) is 5.32 Å². The molecule has 1 unspecified atom stereocenters. The summed E-state index contributed by atoms with van der Waals surface area (Å²) in [5.41, 5.74) is 2.20. The Labute approximate surface area is 138 Å². The summed E-state index contributed by atoms with van der Waals surface area (Å²) < 4.78 is 5.78. The molecule has 0 spiro atoms. The van der Waals surface area contributed by atoms with Crippen molar-refractivity contribution in [2.45, 2.75) is 45.4 Å². The van der Waals surface area contributed by atoms with Gasteiger partial charge in [0.15, 0.2) is 0 Å². The highest BCUT2D eigenvalue weighted by Gasteiger charge is 2.16.